The van der Waals surface area contributed by atoms with Crippen LogP contribution in [0.15, 0.2) is 53.6 Å². The number of hydrogen-bond acceptors (Lipinski definition) is 7. The molecule has 2 heterocycles. The van der Waals surface area contributed by atoms with Crippen molar-refractivity contribution in [1.29, 1.82) is 0 Å². The summed E-state index contributed by atoms with van der Waals surface area (Å²) in [5.41, 5.74) is 6.63. The van der Waals surface area contributed by atoms with Gasteiger partial charge >= 0.3 is 0 Å². The molecule has 1 saturated heterocycles. The topological polar surface area (TPSA) is 103 Å². The lowest BCUT2D eigenvalue weighted by Gasteiger charge is -2.31. The van der Waals surface area contributed by atoms with Gasteiger partial charge in [0.2, 0.25) is 0 Å². The Morgan fingerprint density at radius 2 is 1.92 bits per heavy atom. The molecule has 204 valence electrons. The van der Waals surface area contributed by atoms with Crippen LogP contribution in [0.1, 0.15) is 61.5 Å². The number of aliphatic hydroxyl groups excluding tert-OH is 1. The van der Waals surface area contributed by atoms with Gasteiger partial charge in [0.15, 0.2) is 0 Å². The van der Waals surface area contributed by atoms with Crippen molar-refractivity contribution in [3.63, 3.8) is 0 Å². The molecule has 1 fully saturated rings. The van der Waals surface area contributed by atoms with E-state index in [4.69, 9.17) is 4.74 Å². The first-order chi connectivity index (χ1) is 19.0. The van der Waals surface area contributed by atoms with Gasteiger partial charge in [0.1, 0.15) is 10.8 Å². The highest BCUT2D eigenvalue weighted by atomic mass is 32.1. The Morgan fingerprint density at radius 1 is 1.13 bits per heavy atom. The summed E-state index contributed by atoms with van der Waals surface area (Å²) in [6.45, 7) is 2.92. The van der Waals surface area contributed by atoms with Crippen molar-refractivity contribution in [3.8, 4) is 5.75 Å². The maximum Gasteiger partial charge on any atom is 0.274 e. The van der Waals surface area contributed by atoms with Crippen molar-refractivity contribution in [1.82, 2.24) is 10.3 Å². The van der Waals surface area contributed by atoms with Crippen LogP contribution in [0.4, 0.5) is 5.00 Å². The van der Waals surface area contributed by atoms with Gasteiger partial charge in [-0.15, -0.1) is 11.3 Å². The number of rotatable bonds is 9. The maximum atomic E-state index is 13.3. The van der Waals surface area contributed by atoms with Crippen LogP contribution in [0, 0.1) is 5.92 Å². The summed E-state index contributed by atoms with van der Waals surface area (Å²) in [6.07, 6.45) is 6.30. The van der Waals surface area contributed by atoms with E-state index in [0.29, 0.717) is 22.0 Å². The lowest BCUT2D eigenvalue weighted by Crippen LogP contribution is -2.34. The Morgan fingerprint density at radius 3 is 2.67 bits per heavy atom. The molecule has 3 N–H and O–H groups in total. The standard InChI is InChI=1S/C30H34N4O4S/c1-38-24-10-8-20(9-11-24)17-31-33-29(37)27-25-6-3-7-26(25)39-30(27)32-28(36)23-5-2-4-22(16-23)18-34-14-12-21(19-35)13-15-34/h2,4-5,8-11,16-17,21,35H,3,6-7,12-15,18-19H2,1H3,(H,32,36)(H,33,37)/b31-17+. The molecule has 1 aliphatic heterocycles. The van der Waals surface area contributed by atoms with E-state index < -0.39 is 0 Å². The minimum Gasteiger partial charge on any atom is -0.497 e. The molecule has 2 aromatic carbocycles. The SMILES string of the molecule is COc1ccc(/C=N/NC(=O)c2c(NC(=O)c3cccc(CN4CCC(CO)CC4)c3)sc3c2CCC3)cc1. The van der Waals surface area contributed by atoms with E-state index in [0.717, 1.165) is 79.1 Å². The first-order valence-corrected chi connectivity index (χ1v) is 14.2. The molecule has 0 saturated carbocycles. The molecule has 3 aromatic rings. The van der Waals surface area contributed by atoms with Gasteiger partial charge in [-0.05, 0) is 104 Å². The lowest BCUT2D eigenvalue weighted by atomic mass is 9.97. The third-order valence-corrected chi connectivity index (χ3v) is 8.64. The van der Waals surface area contributed by atoms with Crippen LogP contribution < -0.4 is 15.5 Å². The molecule has 2 amide bonds. The molecule has 0 atom stereocenters. The van der Waals surface area contributed by atoms with E-state index in [1.165, 1.54) is 11.3 Å². The molecule has 0 radical (unpaired) electrons. The number of methoxy groups -OCH3 is 1. The minimum absolute atomic E-state index is 0.230. The van der Waals surface area contributed by atoms with Gasteiger partial charge in [-0.25, -0.2) is 5.43 Å². The number of likely N-dealkylation sites (tertiary alicyclic amines) is 1. The largest absolute Gasteiger partial charge is 0.497 e. The van der Waals surface area contributed by atoms with E-state index in [-0.39, 0.29) is 18.4 Å². The number of ether oxygens (including phenoxy) is 1. The Labute approximate surface area is 232 Å². The molecule has 8 nitrogen and oxygen atoms in total. The molecule has 5 rings (SSSR count). The van der Waals surface area contributed by atoms with Crippen molar-refractivity contribution in [2.45, 2.75) is 38.6 Å². The van der Waals surface area contributed by atoms with Gasteiger partial charge in [-0.2, -0.15) is 5.10 Å². The highest BCUT2D eigenvalue weighted by molar-refractivity contribution is 7.17. The smallest absolute Gasteiger partial charge is 0.274 e. The molecule has 0 bridgehead atoms. The summed E-state index contributed by atoms with van der Waals surface area (Å²) in [4.78, 5) is 30.0. The van der Waals surface area contributed by atoms with Crippen molar-refractivity contribution < 1.29 is 19.4 Å². The monoisotopic (exact) mass is 546 g/mol. The molecule has 1 aromatic heterocycles. The van der Waals surface area contributed by atoms with Crippen LogP contribution in [0.3, 0.4) is 0 Å². The van der Waals surface area contributed by atoms with Crippen LogP contribution in [-0.4, -0.2) is 54.8 Å². The second-order valence-electron chi connectivity index (χ2n) is 10.1. The van der Waals surface area contributed by atoms with Gasteiger partial charge < -0.3 is 15.2 Å². The van der Waals surface area contributed by atoms with Crippen LogP contribution in [0.5, 0.6) is 5.75 Å². The van der Waals surface area contributed by atoms with Gasteiger partial charge in [-0.3, -0.25) is 14.5 Å². The summed E-state index contributed by atoms with van der Waals surface area (Å²) in [5.74, 6) is 0.588. The highest BCUT2D eigenvalue weighted by Gasteiger charge is 2.28. The minimum atomic E-state index is -0.325. The first kappa shape index (κ1) is 27.1. The number of nitrogens with one attached hydrogen (secondary N) is 2. The summed E-state index contributed by atoms with van der Waals surface area (Å²) >= 11 is 1.48. The fraction of sp³-hybridized carbons (Fsp3) is 0.367. The molecule has 0 unspecified atom stereocenters. The summed E-state index contributed by atoms with van der Waals surface area (Å²) in [6, 6.07) is 15.0. The summed E-state index contributed by atoms with van der Waals surface area (Å²) in [7, 11) is 1.61. The van der Waals surface area contributed by atoms with Crippen LogP contribution in [-0.2, 0) is 19.4 Å². The zero-order chi connectivity index (χ0) is 27.2. The second-order valence-corrected chi connectivity index (χ2v) is 11.2. The van der Waals surface area contributed by atoms with Crippen LogP contribution >= 0.6 is 11.3 Å². The zero-order valence-electron chi connectivity index (χ0n) is 22.1. The van der Waals surface area contributed by atoms with Crippen LogP contribution in [0.25, 0.3) is 0 Å². The van der Waals surface area contributed by atoms with E-state index in [1.807, 2.05) is 42.5 Å². The number of anilines is 1. The predicted molar refractivity (Wildman–Crippen MR) is 154 cm³/mol. The highest BCUT2D eigenvalue weighted by Crippen LogP contribution is 2.39. The second kappa shape index (κ2) is 12.5. The van der Waals surface area contributed by atoms with Gasteiger partial charge in [0.05, 0.1) is 18.9 Å². The number of benzene rings is 2. The number of thiophene rings is 1. The first-order valence-electron chi connectivity index (χ1n) is 13.4. The fourth-order valence-electron chi connectivity index (χ4n) is 5.22. The number of hydrogen-bond donors (Lipinski definition) is 3. The maximum absolute atomic E-state index is 13.3. The van der Waals surface area contributed by atoms with E-state index in [2.05, 4.69) is 20.7 Å². The molecule has 9 heteroatoms. The fourth-order valence-corrected chi connectivity index (χ4v) is 6.50. The van der Waals surface area contributed by atoms with Crippen molar-refractivity contribution >= 4 is 34.4 Å². The third kappa shape index (κ3) is 6.55. The number of nitrogens with zero attached hydrogens (tertiary/aromatic N) is 2. The normalized spacial score (nSPS) is 15.8. The van der Waals surface area contributed by atoms with Crippen molar-refractivity contribution in [2.75, 3.05) is 32.1 Å². The van der Waals surface area contributed by atoms with Crippen LogP contribution in [0.2, 0.25) is 0 Å². The van der Waals surface area contributed by atoms with Crippen molar-refractivity contribution in [2.24, 2.45) is 11.0 Å². The van der Waals surface area contributed by atoms with Crippen molar-refractivity contribution in [3.05, 3.63) is 81.2 Å². The van der Waals surface area contributed by atoms with E-state index in [9.17, 15) is 14.7 Å². The molecule has 39 heavy (non-hydrogen) atoms. The number of hydrazone groups is 1. The van der Waals surface area contributed by atoms with E-state index >= 15 is 0 Å². The zero-order valence-corrected chi connectivity index (χ0v) is 22.9. The predicted octanol–water partition coefficient (Wildman–Crippen LogP) is 4.47. The molecular formula is C30H34N4O4S. The number of piperidine rings is 1. The lowest BCUT2D eigenvalue weighted by molar-refractivity contribution is 0.0955. The molecule has 1 aliphatic carbocycles. The number of carbonyl (C=O) groups excluding carboxylic acids is 2. The average molecular weight is 547 g/mol. The number of aliphatic hydroxyl groups is 1. The van der Waals surface area contributed by atoms with Gasteiger partial charge in [-0.1, -0.05) is 12.1 Å². The van der Waals surface area contributed by atoms with E-state index in [1.54, 1.807) is 19.4 Å². The average Bonchev–Trinajstić information content (AvgIpc) is 3.55. The molecule has 0 spiro atoms. The Bertz CT molecular complexity index is 1340. The Balaban J connectivity index is 1.26. The quantitative estimate of drug-likeness (QED) is 0.272. The Hall–Kier alpha value is -3.53. The number of fused-ring (bicyclic) bond motifs is 1. The molecular weight excluding hydrogens is 512 g/mol. The summed E-state index contributed by atoms with van der Waals surface area (Å²) < 4.78 is 5.17. The Kier molecular flexibility index (Phi) is 8.71. The number of aryl methyl sites for hydroxylation is 1. The number of carbonyl (C=O) groups is 2. The molecule has 2 aliphatic rings. The summed E-state index contributed by atoms with van der Waals surface area (Å²) in [5, 5.41) is 17.1. The number of amides is 2. The third-order valence-electron chi connectivity index (χ3n) is 7.43. The van der Waals surface area contributed by atoms with Gasteiger partial charge in [0.25, 0.3) is 11.8 Å². The van der Waals surface area contributed by atoms with Gasteiger partial charge in [0, 0.05) is 23.6 Å².